The SMILES string of the molecule is CC(C)(CNc1nnccc1C(N)=S)NS(C)(=O)=O. The average Bonchev–Trinajstić information content (AvgIpc) is 2.23. The van der Waals surface area contributed by atoms with Crippen LogP contribution in [0.5, 0.6) is 0 Å². The highest BCUT2D eigenvalue weighted by atomic mass is 32.2. The Morgan fingerprint density at radius 1 is 1.53 bits per heavy atom. The molecule has 0 aliphatic rings. The molecule has 1 aromatic rings. The van der Waals surface area contributed by atoms with Gasteiger partial charge in [-0.3, -0.25) is 0 Å². The highest BCUT2D eigenvalue weighted by Crippen LogP contribution is 2.12. The van der Waals surface area contributed by atoms with Crippen molar-refractivity contribution < 1.29 is 8.42 Å². The highest BCUT2D eigenvalue weighted by molar-refractivity contribution is 7.88. The molecule has 4 N–H and O–H groups in total. The van der Waals surface area contributed by atoms with E-state index in [1.165, 1.54) is 6.20 Å². The Morgan fingerprint density at radius 2 is 2.16 bits per heavy atom. The fourth-order valence-electron chi connectivity index (χ4n) is 1.50. The van der Waals surface area contributed by atoms with Gasteiger partial charge in [0.2, 0.25) is 10.0 Å². The molecule has 0 bridgehead atoms. The van der Waals surface area contributed by atoms with Crippen LogP contribution in [0.2, 0.25) is 0 Å². The van der Waals surface area contributed by atoms with E-state index in [-0.39, 0.29) is 4.99 Å². The summed E-state index contributed by atoms with van der Waals surface area (Å²) in [6.45, 7) is 3.81. The summed E-state index contributed by atoms with van der Waals surface area (Å²) in [5.74, 6) is 0.429. The standard InChI is InChI=1S/C10H17N5O2S2/c1-10(2,15-19(3,16)17)6-12-9-7(8(11)18)4-5-13-14-9/h4-5,15H,6H2,1-3H3,(H2,11,18)(H,12,14). The number of nitrogens with one attached hydrogen (secondary N) is 2. The zero-order chi connectivity index (χ0) is 14.7. The monoisotopic (exact) mass is 303 g/mol. The number of anilines is 1. The molecule has 1 rings (SSSR count). The Balaban J connectivity index is 2.80. The maximum atomic E-state index is 11.2. The van der Waals surface area contributed by atoms with Gasteiger partial charge < -0.3 is 11.1 Å². The molecule has 0 amide bonds. The summed E-state index contributed by atoms with van der Waals surface area (Å²) in [5.41, 5.74) is 5.46. The topological polar surface area (TPSA) is 110 Å². The van der Waals surface area contributed by atoms with E-state index in [1.807, 2.05) is 0 Å². The minimum Gasteiger partial charge on any atom is -0.389 e. The molecule has 1 heterocycles. The van der Waals surface area contributed by atoms with E-state index in [0.29, 0.717) is 17.9 Å². The first kappa shape index (κ1) is 15.7. The number of sulfonamides is 1. The van der Waals surface area contributed by atoms with Gasteiger partial charge in [-0.25, -0.2) is 13.1 Å². The summed E-state index contributed by atoms with van der Waals surface area (Å²) in [7, 11) is -3.29. The number of thiocarbonyl (C=S) groups is 1. The molecule has 0 saturated carbocycles. The van der Waals surface area contributed by atoms with Gasteiger partial charge in [0.1, 0.15) is 4.99 Å². The van der Waals surface area contributed by atoms with Gasteiger partial charge in [0.25, 0.3) is 0 Å². The molecule has 0 atom stereocenters. The van der Waals surface area contributed by atoms with Crippen molar-refractivity contribution in [3.05, 3.63) is 17.8 Å². The summed E-state index contributed by atoms with van der Waals surface area (Å²) in [6.07, 6.45) is 2.59. The normalized spacial score (nSPS) is 12.2. The van der Waals surface area contributed by atoms with Crippen molar-refractivity contribution in [1.82, 2.24) is 14.9 Å². The second kappa shape index (κ2) is 5.76. The van der Waals surface area contributed by atoms with E-state index in [0.717, 1.165) is 6.26 Å². The van der Waals surface area contributed by atoms with Crippen molar-refractivity contribution in [1.29, 1.82) is 0 Å². The predicted molar refractivity (Wildman–Crippen MR) is 78.5 cm³/mol. The summed E-state index contributed by atoms with van der Waals surface area (Å²) in [6, 6.07) is 1.65. The maximum Gasteiger partial charge on any atom is 0.209 e. The lowest BCUT2D eigenvalue weighted by Crippen LogP contribution is -2.48. The van der Waals surface area contributed by atoms with Gasteiger partial charge in [-0.1, -0.05) is 12.2 Å². The molecule has 0 unspecified atom stereocenters. The predicted octanol–water partition coefficient (Wildman–Crippen LogP) is -0.149. The van der Waals surface area contributed by atoms with Crippen LogP contribution in [0.15, 0.2) is 12.3 Å². The zero-order valence-electron chi connectivity index (χ0n) is 11.0. The molecule has 106 valence electrons. The van der Waals surface area contributed by atoms with Gasteiger partial charge in [0.15, 0.2) is 5.82 Å². The number of nitrogens with two attached hydrogens (primary N) is 1. The van der Waals surface area contributed by atoms with Crippen molar-refractivity contribution in [3.63, 3.8) is 0 Å². The quantitative estimate of drug-likeness (QED) is 0.627. The van der Waals surface area contributed by atoms with Gasteiger partial charge in [0, 0.05) is 12.1 Å². The van der Waals surface area contributed by atoms with Gasteiger partial charge in [0.05, 0.1) is 18.0 Å². The summed E-state index contributed by atoms with van der Waals surface area (Å²) >= 11 is 4.90. The molecule has 0 spiro atoms. The second-order valence-electron chi connectivity index (χ2n) is 4.77. The van der Waals surface area contributed by atoms with Gasteiger partial charge in [-0.05, 0) is 19.9 Å². The van der Waals surface area contributed by atoms with E-state index in [4.69, 9.17) is 18.0 Å². The van der Waals surface area contributed by atoms with Crippen molar-refractivity contribution in [2.24, 2.45) is 5.73 Å². The van der Waals surface area contributed by atoms with Gasteiger partial charge >= 0.3 is 0 Å². The molecule has 9 heteroatoms. The summed E-state index contributed by atoms with van der Waals surface area (Å²) in [5, 5.41) is 10.6. The van der Waals surface area contributed by atoms with Crippen LogP contribution in [0, 0.1) is 0 Å². The second-order valence-corrected chi connectivity index (χ2v) is 6.96. The van der Waals surface area contributed by atoms with Crippen LogP contribution in [0.4, 0.5) is 5.82 Å². The lowest BCUT2D eigenvalue weighted by atomic mass is 10.1. The van der Waals surface area contributed by atoms with E-state index in [2.05, 4.69) is 20.2 Å². The number of hydrogen-bond donors (Lipinski definition) is 3. The fraction of sp³-hybridized carbons (Fsp3) is 0.500. The van der Waals surface area contributed by atoms with Crippen LogP contribution in [-0.4, -0.2) is 41.9 Å². The van der Waals surface area contributed by atoms with Crippen LogP contribution < -0.4 is 15.8 Å². The highest BCUT2D eigenvalue weighted by Gasteiger charge is 2.22. The zero-order valence-corrected chi connectivity index (χ0v) is 12.6. The molecule has 0 fully saturated rings. The minimum atomic E-state index is -3.29. The Labute approximate surface area is 118 Å². The number of rotatable bonds is 6. The first-order chi connectivity index (χ1) is 8.61. The lowest BCUT2D eigenvalue weighted by molar-refractivity contribution is 0.475. The molecule has 0 aliphatic carbocycles. The smallest absolute Gasteiger partial charge is 0.209 e. The Bertz CT molecular complexity index is 571. The summed E-state index contributed by atoms with van der Waals surface area (Å²) in [4.78, 5) is 0.200. The first-order valence-electron chi connectivity index (χ1n) is 5.45. The molecule has 0 radical (unpaired) electrons. The molecule has 19 heavy (non-hydrogen) atoms. The van der Waals surface area contributed by atoms with Crippen LogP contribution in [0.3, 0.4) is 0 Å². The van der Waals surface area contributed by atoms with Crippen LogP contribution in [0.25, 0.3) is 0 Å². The number of hydrogen-bond acceptors (Lipinski definition) is 6. The van der Waals surface area contributed by atoms with Crippen molar-refractivity contribution in [2.45, 2.75) is 19.4 Å². The van der Waals surface area contributed by atoms with Gasteiger partial charge in [-0.15, -0.1) is 5.10 Å². The van der Waals surface area contributed by atoms with E-state index in [1.54, 1.807) is 19.9 Å². The molecular formula is C10H17N5O2S2. The van der Waals surface area contributed by atoms with E-state index >= 15 is 0 Å². The average molecular weight is 303 g/mol. The lowest BCUT2D eigenvalue weighted by Gasteiger charge is -2.25. The Kier molecular flexibility index (Phi) is 4.77. The van der Waals surface area contributed by atoms with E-state index in [9.17, 15) is 8.42 Å². The molecule has 1 aromatic heterocycles. The van der Waals surface area contributed by atoms with Crippen LogP contribution >= 0.6 is 12.2 Å². The van der Waals surface area contributed by atoms with Crippen molar-refractivity contribution in [3.8, 4) is 0 Å². The van der Waals surface area contributed by atoms with Crippen molar-refractivity contribution in [2.75, 3.05) is 18.1 Å². The van der Waals surface area contributed by atoms with Crippen LogP contribution in [-0.2, 0) is 10.0 Å². The van der Waals surface area contributed by atoms with Crippen LogP contribution in [0.1, 0.15) is 19.4 Å². The fourth-order valence-corrected chi connectivity index (χ4v) is 2.74. The number of nitrogens with zero attached hydrogens (tertiary/aromatic N) is 2. The minimum absolute atomic E-state index is 0.200. The molecule has 0 aliphatic heterocycles. The molecule has 7 nitrogen and oxygen atoms in total. The molecular weight excluding hydrogens is 286 g/mol. The first-order valence-corrected chi connectivity index (χ1v) is 7.75. The van der Waals surface area contributed by atoms with E-state index < -0.39 is 15.6 Å². The van der Waals surface area contributed by atoms with Crippen molar-refractivity contribution >= 4 is 33.0 Å². The third-order valence-corrected chi connectivity index (χ3v) is 3.29. The van der Waals surface area contributed by atoms with Gasteiger partial charge in [-0.2, -0.15) is 5.10 Å². The largest absolute Gasteiger partial charge is 0.389 e. The Hall–Kier alpha value is -1.32. The third kappa shape index (κ3) is 5.45. The Morgan fingerprint density at radius 3 is 2.68 bits per heavy atom. The molecule has 0 saturated heterocycles. The summed E-state index contributed by atoms with van der Waals surface area (Å²) < 4.78 is 25.0. The maximum absolute atomic E-state index is 11.2. The number of aromatic nitrogens is 2. The molecule has 0 aromatic carbocycles. The third-order valence-electron chi connectivity index (χ3n) is 2.15.